The fraction of sp³-hybridized carbons (Fsp3) is 0.167. The van der Waals surface area contributed by atoms with E-state index >= 15 is 0 Å². The number of pyridine rings is 1. The molecule has 0 aliphatic carbocycles. The number of allylic oxidation sites excluding steroid dienone is 1. The topological polar surface area (TPSA) is 113 Å². The Morgan fingerprint density at radius 3 is 2.46 bits per heavy atom. The summed E-state index contributed by atoms with van der Waals surface area (Å²) in [5.74, 6) is 0.807. The molecule has 0 spiro atoms. The van der Waals surface area contributed by atoms with Crippen LogP contribution in [0.3, 0.4) is 0 Å². The van der Waals surface area contributed by atoms with E-state index in [1.54, 1.807) is 74.9 Å². The Kier molecular flexibility index (Phi) is 5.83. The lowest BCUT2D eigenvalue weighted by molar-refractivity contribution is -0.135. The van der Waals surface area contributed by atoms with Crippen LogP contribution in [0.4, 0.5) is 0 Å². The standard InChI is InChI=1S/C30H23NO8/c1-35-17-5-7-21-16(12-17)13-20(30(34)31-21)19-14-26(32)38-23-9-6-18-28(33)25(39-29(18)27(19)23)11-15-4-8-22(36-2)24(10-15)37-3/h4-13,19H,14H2,1-3H3,(H,31,34)/b25-11-/t19-/m0/s1. The lowest BCUT2D eigenvalue weighted by Gasteiger charge is -2.26. The number of hydrogen-bond acceptors (Lipinski definition) is 8. The van der Waals surface area contributed by atoms with Crippen LogP contribution in [0.5, 0.6) is 28.7 Å². The number of H-pyrrole nitrogens is 1. The van der Waals surface area contributed by atoms with E-state index in [0.29, 0.717) is 45.0 Å². The van der Waals surface area contributed by atoms with Gasteiger partial charge in [0.05, 0.1) is 33.3 Å². The van der Waals surface area contributed by atoms with Gasteiger partial charge >= 0.3 is 5.97 Å². The number of nitrogens with one attached hydrogen (secondary N) is 1. The predicted molar refractivity (Wildman–Crippen MR) is 142 cm³/mol. The van der Waals surface area contributed by atoms with Gasteiger partial charge in [-0.25, -0.2) is 0 Å². The van der Waals surface area contributed by atoms with Crippen LogP contribution in [0.1, 0.15) is 39.4 Å². The second kappa shape index (κ2) is 9.36. The van der Waals surface area contributed by atoms with E-state index < -0.39 is 11.9 Å². The molecule has 3 heterocycles. The van der Waals surface area contributed by atoms with Crippen LogP contribution in [0.15, 0.2) is 65.2 Å². The van der Waals surface area contributed by atoms with E-state index in [9.17, 15) is 14.4 Å². The van der Waals surface area contributed by atoms with Gasteiger partial charge in [-0.2, -0.15) is 0 Å². The van der Waals surface area contributed by atoms with Gasteiger partial charge in [-0.05, 0) is 60.2 Å². The summed E-state index contributed by atoms with van der Waals surface area (Å²) in [7, 11) is 4.63. The molecule has 9 nitrogen and oxygen atoms in total. The maximum Gasteiger partial charge on any atom is 0.312 e. The number of methoxy groups -OCH3 is 3. The number of carbonyl (C=O) groups excluding carboxylic acids is 2. The van der Waals surface area contributed by atoms with Crippen LogP contribution in [-0.4, -0.2) is 38.1 Å². The first-order chi connectivity index (χ1) is 18.9. The van der Waals surface area contributed by atoms with E-state index in [4.69, 9.17) is 23.7 Å². The van der Waals surface area contributed by atoms with Crippen molar-refractivity contribution in [3.8, 4) is 28.7 Å². The number of aromatic nitrogens is 1. The molecule has 0 fully saturated rings. The Morgan fingerprint density at radius 2 is 1.69 bits per heavy atom. The van der Waals surface area contributed by atoms with Gasteiger partial charge in [-0.15, -0.1) is 0 Å². The molecule has 9 heteroatoms. The summed E-state index contributed by atoms with van der Waals surface area (Å²) in [6, 6.07) is 15.4. The Bertz CT molecular complexity index is 1770. The third kappa shape index (κ3) is 4.08. The second-order valence-electron chi connectivity index (χ2n) is 9.15. The maximum absolute atomic E-state index is 13.3. The van der Waals surface area contributed by atoms with Gasteiger partial charge < -0.3 is 28.7 Å². The van der Waals surface area contributed by atoms with Crippen molar-refractivity contribution >= 4 is 28.7 Å². The number of ether oxygens (including phenoxy) is 5. The fourth-order valence-corrected chi connectivity index (χ4v) is 5.05. The van der Waals surface area contributed by atoms with Gasteiger partial charge in [0.1, 0.15) is 17.2 Å². The first kappa shape index (κ1) is 24.3. The van der Waals surface area contributed by atoms with Crippen molar-refractivity contribution < 1.29 is 33.3 Å². The molecule has 3 aromatic carbocycles. The Hall–Kier alpha value is -5.05. The van der Waals surface area contributed by atoms with Gasteiger partial charge in [-0.3, -0.25) is 14.4 Å². The van der Waals surface area contributed by atoms with Crippen LogP contribution in [-0.2, 0) is 4.79 Å². The van der Waals surface area contributed by atoms with E-state index in [1.807, 2.05) is 0 Å². The Labute approximate surface area is 222 Å². The van der Waals surface area contributed by atoms with Crippen molar-refractivity contribution in [1.82, 2.24) is 4.98 Å². The molecular weight excluding hydrogens is 502 g/mol. The minimum Gasteiger partial charge on any atom is -0.497 e. The van der Waals surface area contributed by atoms with Gasteiger partial charge in [0.2, 0.25) is 5.78 Å². The lowest BCUT2D eigenvalue weighted by atomic mass is 9.85. The third-order valence-electron chi connectivity index (χ3n) is 6.94. The van der Waals surface area contributed by atoms with Gasteiger partial charge in [-0.1, -0.05) is 6.07 Å². The SMILES string of the molecule is COc1ccc2[nH]c(=O)c([C@@H]3CC(=O)Oc4ccc5c(c43)O/C(=C\c3ccc(OC)c(OC)c3)C5=O)cc2c1. The van der Waals surface area contributed by atoms with Crippen LogP contribution < -0.4 is 29.2 Å². The molecule has 1 aromatic heterocycles. The van der Waals surface area contributed by atoms with E-state index in [0.717, 1.165) is 5.39 Å². The summed E-state index contributed by atoms with van der Waals surface area (Å²) in [6.45, 7) is 0. The predicted octanol–water partition coefficient (Wildman–Crippen LogP) is 4.61. The number of Topliss-reactive ketones (excluding diaryl/α,β-unsaturated/α-hetero) is 1. The zero-order chi connectivity index (χ0) is 27.3. The molecular formula is C30H23NO8. The summed E-state index contributed by atoms with van der Waals surface area (Å²) >= 11 is 0. The molecule has 1 atom stereocenters. The molecule has 0 saturated heterocycles. The minimum atomic E-state index is -0.691. The molecule has 0 radical (unpaired) electrons. The smallest absolute Gasteiger partial charge is 0.312 e. The third-order valence-corrected chi connectivity index (χ3v) is 6.94. The first-order valence-corrected chi connectivity index (χ1v) is 12.1. The summed E-state index contributed by atoms with van der Waals surface area (Å²) in [5, 5.41) is 0.739. The van der Waals surface area contributed by atoms with Gasteiger partial charge in [0.25, 0.3) is 5.56 Å². The monoisotopic (exact) mass is 525 g/mol. The van der Waals surface area contributed by atoms with E-state index in [2.05, 4.69) is 4.98 Å². The number of ketones is 1. The first-order valence-electron chi connectivity index (χ1n) is 12.1. The van der Waals surface area contributed by atoms with E-state index in [-0.39, 0.29) is 35.0 Å². The fourth-order valence-electron chi connectivity index (χ4n) is 5.05. The summed E-state index contributed by atoms with van der Waals surface area (Å²) in [5.41, 5.74) is 2.11. The molecule has 39 heavy (non-hydrogen) atoms. The highest BCUT2D eigenvalue weighted by molar-refractivity contribution is 6.15. The molecule has 0 unspecified atom stereocenters. The van der Waals surface area contributed by atoms with Gasteiger partial charge in [0, 0.05) is 27.9 Å². The molecule has 1 N–H and O–H groups in total. The number of fused-ring (bicyclic) bond motifs is 4. The lowest BCUT2D eigenvalue weighted by Crippen LogP contribution is -2.26. The Balaban J connectivity index is 1.46. The van der Waals surface area contributed by atoms with E-state index in [1.165, 1.54) is 7.11 Å². The minimum absolute atomic E-state index is 0.0890. The molecule has 0 amide bonds. The molecule has 2 aliphatic rings. The maximum atomic E-state index is 13.3. The van der Waals surface area contributed by atoms with Crippen molar-refractivity contribution in [1.29, 1.82) is 0 Å². The normalized spacial score (nSPS) is 16.9. The molecule has 4 aromatic rings. The number of carbonyl (C=O) groups is 2. The molecule has 196 valence electrons. The highest BCUT2D eigenvalue weighted by Crippen LogP contribution is 2.48. The number of benzene rings is 3. The largest absolute Gasteiger partial charge is 0.497 e. The molecule has 6 rings (SSSR count). The zero-order valence-electron chi connectivity index (χ0n) is 21.3. The number of aromatic amines is 1. The molecule has 2 aliphatic heterocycles. The van der Waals surface area contributed by atoms with Crippen molar-refractivity contribution in [2.45, 2.75) is 12.3 Å². The summed E-state index contributed by atoms with van der Waals surface area (Å²) < 4.78 is 27.6. The number of hydrogen-bond donors (Lipinski definition) is 1. The number of esters is 1. The highest BCUT2D eigenvalue weighted by Gasteiger charge is 2.39. The quantitative estimate of drug-likeness (QED) is 0.228. The van der Waals surface area contributed by atoms with Gasteiger partial charge in [0.15, 0.2) is 17.3 Å². The zero-order valence-corrected chi connectivity index (χ0v) is 21.3. The van der Waals surface area contributed by atoms with Crippen LogP contribution in [0, 0.1) is 0 Å². The average Bonchev–Trinajstić information content (AvgIpc) is 3.26. The van der Waals surface area contributed by atoms with Crippen molar-refractivity contribution in [2.24, 2.45) is 0 Å². The van der Waals surface area contributed by atoms with Crippen LogP contribution >= 0.6 is 0 Å². The average molecular weight is 526 g/mol. The summed E-state index contributed by atoms with van der Waals surface area (Å²) in [4.78, 5) is 42.0. The highest BCUT2D eigenvalue weighted by atomic mass is 16.5. The second-order valence-corrected chi connectivity index (χ2v) is 9.15. The van der Waals surface area contributed by atoms with Crippen LogP contribution in [0.25, 0.3) is 17.0 Å². The van der Waals surface area contributed by atoms with Crippen molar-refractivity contribution in [3.05, 3.63) is 93.0 Å². The molecule has 0 bridgehead atoms. The summed E-state index contributed by atoms with van der Waals surface area (Å²) in [6.07, 6.45) is 1.52. The molecule has 0 saturated carbocycles. The number of rotatable bonds is 5. The van der Waals surface area contributed by atoms with Crippen molar-refractivity contribution in [3.63, 3.8) is 0 Å². The van der Waals surface area contributed by atoms with Crippen molar-refractivity contribution in [2.75, 3.05) is 21.3 Å². The Morgan fingerprint density at radius 1 is 0.872 bits per heavy atom. The van der Waals surface area contributed by atoms with Crippen LogP contribution in [0.2, 0.25) is 0 Å².